The average Bonchev–Trinajstić information content (AvgIpc) is 3.00. The number of benzene rings is 2. The molecule has 2 aromatic rings. The molecule has 0 saturated heterocycles. The lowest BCUT2D eigenvalue weighted by Gasteiger charge is -2.20. The second-order valence-electron chi connectivity index (χ2n) is 9.87. The lowest BCUT2D eigenvalue weighted by molar-refractivity contribution is -0.143. The molecule has 1 N–H and O–H groups in total. The molecule has 0 saturated carbocycles. The molecule has 236 valence electrons. The first-order valence-corrected chi connectivity index (χ1v) is 14.7. The van der Waals surface area contributed by atoms with Crippen molar-refractivity contribution in [2.24, 2.45) is 0 Å². The van der Waals surface area contributed by atoms with Gasteiger partial charge in [0.25, 0.3) is 0 Å². The maximum atomic E-state index is 12.6. The highest BCUT2D eigenvalue weighted by molar-refractivity contribution is 5.89. The Morgan fingerprint density at radius 1 is 0.791 bits per heavy atom. The summed E-state index contributed by atoms with van der Waals surface area (Å²) in [6, 6.07) is 12.3. The molecule has 1 unspecified atom stereocenters. The fraction of sp³-hybridized carbons (Fsp3) is 0.500. The minimum absolute atomic E-state index is 0.0428. The zero-order valence-corrected chi connectivity index (χ0v) is 25.4. The van der Waals surface area contributed by atoms with Gasteiger partial charge in [-0.3, -0.25) is 4.79 Å². The van der Waals surface area contributed by atoms with Crippen molar-refractivity contribution in [1.29, 1.82) is 0 Å². The van der Waals surface area contributed by atoms with Gasteiger partial charge in [0.2, 0.25) is 0 Å². The lowest BCUT2D eigenvalue weighted by atomic mass is 10.0. The van der Waals surface area contributed by atoms with Crippen LogP contribution >= 0.6 is 0 Å². The van der Waals surface area contributed by atoms with Crippen LogP contribution in [-0.4, -0.2) is 63.3 Å². The first kappa shape index (κ1) is 35.1. The first-order chi connectivity index (χ1) is 20.8. The van der Waals surface area contributed by atoms with Gasteiger partial charge in [-0.25, -0.2) is 14.4 Å². The molecule has 43 heavy (non-hydrogen) atoms. The van der Waals surface area contributed by atoms with Gasteiger partial charge >= 0.3 is 24.2 Å². The smallest absolute Gasteiger partial charge is 0.468 e. The molecule has 0 fully saturated rings. The fourth-order valence-corrected chi connectivity index (χ4v) is 3.89. The van der Waals surface area contributed by atoms with E-state index in [1.165, 1.54) is 19.2 Å². The van der Waals surface area contributed by atoms with Crippen LogP contribution in [0.4, 0.5) is 9.59 Å². The lowest BCUT2D eigenvalue weighted by Crippen LogP contribution is -2.43. The Hall–Kier alpha value is -4.12. The van der Waals surface area contributed by atoms with Gasteiger partial charge in [0.15, 0.2) is 11.5 Å². The van der Waals surface area contributed by atoms with E-state index in [0.717, 1.165) is 25.7 Å². The fourth-order valence-electron chi connectivity index (χ4n) is 3.89. The van der Waals surface area contributed by atoms with E-state index in [0.29, 0.717) is 24.0 Å². The van der Waals surface area contributed by atoms with Crippen LogP contribution in [0.25, 0.3) is 0 Å². The van der Waals surface area contributed by atoms with Gasteiger partial charge in [0, 0.05) is 6.54 Å². The summed E-state index contributed by atoms with van der Waals surface area (Å²) in [5, 5.41) is 3.07. The van der Waals surface area contributed by atoms with E-state index in [-0.39, 0.29) is 37.7 Å². The molecule has 2 aromatic carbocycles. The third-order valence-corrected chi connectivity index (χ3v) is 6.23. The molecule has 11 heteroatoms. The second kappa shape index (κ2) is 19.9. The maximum absolute atomic E-state index is 12.6. The van der Waals surface area contributed by atoms with Crippen molar-refractivity contribution in [3.63, 3.8) is 0 Å². The molecule has 0 aliphatic heterocycles. The van der Waals surface area contributed by atoms with E-state index in [9.17, 15) is 19.2 Å². The van der Waals surface area contributed by atoms with E-state index in [4.69, 9.17) is 28.4 Å². The van der Waals surface area contributed by atoms with Gasteiger partial charge in [-0.15, -0.1) is 0 Å². The van der Waals surface area contributed by atoms with Crippen LogP contribution in [0.5, 0.6) is 11.5 Å². The van der Waals surface area contributed by atoms with Crippen LogP contribution in [0.3, 0.4) is 0 Å². The standard InChI is InChI=1S/C32H43NO10/c1-5-7-12-18-39-31(36)42-27-17-16-24(21-28(27)43-32(37)40-19-13-8-6-2)20-26(30(35)38-4)33-22-23(3)41-29(34)25-14-10-9-11-15-25/h9-11,14-17,21,23,26,33H,5-8,12-13,18-20,22H2,1-4H3/t23?,26-/m0/s1. The number of hydrogen-bond donors (Lipinski definition) is 1. The molecule has 0 bridgehead atoms. The quantitative estimate of drug-likeness (QED) is 0.0930. The van der Waals surface area contributed by atoms with Crippen LogP contribution < -0.4 is 14.8 Å². The number of unbranched alkanes of at least 4 members (excludes halogenated alkanes) is 4. The van der Waals surface area contributed by atoms with E-state index in [1.54, 1.807) is 43.3 Å². The number of hydrogen-bond acceptors (Lipinski definition) is 11. The van der Waals surface area contributed by atoms with Crippen LogP contribution in [0.1, 0.15) is 75.2 Å². The van der Waals surface area contributed by atoms with Gasteiger partial charge in [-0.1, -0.05) is 63.8 Å². The molecule has 0 heterocycles. The highest BCUT2D eigenvalue weighted by Gasteiger charge is 2.23. The Labute approximate surface area is 253 Å². The molecule has 0 aliphatic rings. The number of esters is 2. The Balaban J connectivity index is 2.11. The molecular formula is C32H43NO10. The minimum atomic E-state index is -0.953. The Bertz CT molecular complexity index is 1150. The van der Waals surface area contributed by atoms with Crippen molar-refractivity contribution in [3.05, 3.63) is 59.7 Å². The molecule has 0 amide bonds. The number of nitrogens with one attached hydrogen (secondary N) is 1. The van der Waals surface area contributed by atoms with Crippen molar-refractivity contribution in [1.82, 2.24) is 5.32 Å². The minimum Gasteiger partial charge on any atom is -0.468 e. The Morgan fingerprint density at radius 2 is 1.40 bits per heavy atom. The number of carbonyl (C=O) groups is 4. The van der Waals surface area contributed by atoms with Gasteiger partial charge in [-0.2, -0.15) is 0 Å². The summed E-state index contributed by atoms with van der Waals surface area (Å²) >= 11 is 0. The van der Waals surface area contributed by atoms with Crippen LogP contribution in [0.15, 0.2) is 48.5 Å². The summed E-state index contributed by atoms with van der Waals surface area (Å²) in [6.45, 7) is 6.32. The van der Waals surface area contributed by atoms with Gasteiger partial charge < -0.3 is 33.7 Å². The topological polar surface area (TPSA) is 136 Å². The van der Waals surface area contributed by atoms with E-state index in [2.05, 4.69) is 5.32 Å². The summed E-state index contributed by atoms with van der Waals surface area (Å²) in [5.74, 6) is -1.14. The molecule has 0 spiro atoms. The van der Waals surface area contributed by atoms with Crippen molar-refractivity contribution in [3.8, 4) is 11.5 Å². The zero-order chi connectivity index (χ0) is 31.5. The Kier molecular flexibility index (Phi) is 16.2. The molecule has 0 aromatic heterocycles. The van der Waals surface area contributed by atoms with E-state index in [1.807, 2.05) is 13.8 Å². The Morgan fingerprint density at radius 3 is 1.98 bits per heavy atom. The maximum Gasteiger partial charge on any atom is 0.513 e. The first-order valence-electron chi connectivity index (χ1n) is 14.7. The molecule has 0 radical (unpaired) electrons. The summed E-state index contributed by atoms with van der Waals surface area (Å²) in [6.07, 6.45) is 2.80. The molecular weight excluding hydrogens is 558 g/mol. The normalized spacial score (nSPS) is 12.0. The van der Waals surface area contributed by atoms with E-state index >= 15 is 0 Å². The second-order valence-corrected chi connectivity index (χ2v) is 9.87. The third-order valence-electron chi connectivity index (χ3n) is 6.23. The van der Waals surface area contributed by atoms with Crippen molar-refractivity contribution in [2.75, 3.05) is 26.9 Å². The largest absolute Gasteiger partial charge is 0.513 e. The van der Waals surface area contributed by atoms with Crippen molar-refractivity contribution >= 4 is 24.2 Å². The van der Waals surface area contributed by atoms with E-state index < -0.39 is 36.4 Å². The number of methoxy groups -OCH3 is 1. The number of ether oxygens (including phenoxy) is 6. The van der Waals surface area contributed by atoms with Gasteiger partial charge in [0.05, 0.1) is 25.9 Å². The predicted molar refractivity (Wildman–Crippen MR) is 158 cm³/mol. The SMILES string of the molecule is CCCCCOC(=O)Oc1ccc(C[C@H](NCC(C)OC(=O)c2ccccc2)C(=O)OC)cc1OC(=O)OCCCCC. The number of rotatable bonds is 18. The van der Waals surface area contributed by atoms with Crippen molar-refractivity contribution in [2.45, 2.75) is 77.9 Å². The van der Waals surface area contributed by atoms with Gasteiger partial charge in [0.1, 0.15) is 12.1 Å². The summed E-state index contributed by atoms with van der Waals surface area (Å²) in [5.41, 5.74) is 0.983. The zero-order valence-electron chi connectivity index (χ0n) is 25.4. The predicted octanol–water partition coefficient (Wildman–Crippen LogP) is 6.02. The third kappa shape index (κ3) is 13.6. The molecule has 2 atom stereocenters. The van der Waals surface area contributed by atoms with Crippen LogP contribution in [0.2, 0.25) is 0 Å². The molecule has 2 rings (SSSR count). The number of carbonyl (C=O) groups excluding carboxylic acids is 4. The van der Waals surface area contributed by atoms with Gasteiger partial charge in [-0.05, 0) is 56.0 Å². The molecule has 11 nitrogen and oxygen atoms in total. The van der Waals surface area contributed by atoms with Crippen LogP contribution in [-0.2, 0) is 30.2 Å². The summed E-state index contributed by atoms with van der Waals surface area (Å²) in [4.78, 5) is 49.6. The molecule has 0 aliphatic carbocycles. The summed E-state index contributed by atoms with van der Waals surface area (Å²) in [7, 11) is 1.27. The average molecular weight is 602 g/mol. The highest BCUT2D eigenvalue weighted by atomic mass is 16.7. The van der Waals surface area contributed by atoms with Crippen molar-refractivity contribution < 1.29 is 47.6 Å². The highest BCUT2D eigenvalue weighted by Crippen LogP contribution is 2.30. The van der Waals surface area contributed by atoms with Crippen LogP contribution in [0, 0.1) is 0 Å². The summed E-state index contributed by atoms with van der Waals surface area (Å²) < 4.78 is 31.4. The monoisotopic (exact) mass is 601 g/mol.